The van der Waals surface area contributed by atoms with E-state index in [9.17, 15) is 5.11 Å². The lowest BCUT2D eigenvalue weighted by Crippen LogP contribution is -2.24. The molecule has 0 radical (unpaired) electrons. The number of para-hydroxylation sites is 1. The lowest BCUT2D eigenvalue weighted by atomic mass is 9.89. The molecule has 1 aromatic rings. The Morgan fingerprint density at radius 1 is 1.32 bits per heavy atom. The number of phenolic OH excluding ortho intramolecular Hbond substituents is 1. The minimum Gasteiger partial charge on any atom is -0.506 e. The molecule has 1 atom stereocenters. The van der Waals surface area contributed by atoms with Crippen molar-refractivity contribution in [3.05, 3.63) is 28.8 Å². The van der Waals surface area contributed by atoms with E-state index in [0.717, 1.165) is 37.0 Å². The monoisotopic (exact) mass is 281 g/mol. The zero-order valence-corrected chi connectivity index (χ0v) is 12.7. The molecule has 106 valence electrons. The van der Waals surface area contributed by atoms with E-state index in [1.807, 2.05) is 12.1 Å². The van der Waals surface area contributed by atoms with Crippen molar-refractivity contribution in [1.82, 2.24) is 4.90 Å². The lowest BCUT2D eigenvalue weighted by molar-refractivity contribution is 0.261. The van der Waals surface area contributed by atoms with Crippen molar-refractivity contribution in [3.8, 4) is 5.75 Å². The van der Waals surface area contributed by atoms with Gasteiger partial charge in [0.2, 0.25) is 0 Å². The molecule has 1 aliphatic rings. The zero-order chi connectivity index (χ0) is 13.8. The summed E-state index contributed by atoms with van der Waals surface area (Å²) in [5.74, 6) is 1.87. The molecule has 19 heavy (non-hydrogen) atoms. The number of benzene rings is 1. The van der Waals surface area contributed by atoms with Crippen molar-refractivity contribution in [3.63, 3.8) is 0 Å². The van der Waals surface area contributed by atoms with Crippen molar-refractivity contribution in [2.75, 3.05) is 13.1 Å². The first-order chi connectivity index (χ1) is 9.08. The Hall–Kier alpha value is -0.730. The molecule has 3 heteroatoms. The van der Waals surface area contributed by atoms with Crippen LogP contribution in [-0.4, -0.2) is 23.1 Å². The summed E-state index contributed by atoms with van der Waals surface area (Å²) in [7, 11) is 0. The summed E-state index contributed by atoms with van der Waals surface area (Å²) < 4.78 is 0. The van der Waals surface area contributed by atoms with Crippen LogP contribution in [-0.2, 0) is 6.54 Å². The highest BCUT2D eigenvalue weighted by Gasteiger charge is 2.20. The Kier molecular flexibility index (Phi) is 5.12. The number of rotatable bonds is 3. The van der Waals surface area contributed by atoms with Crippen LogP contribution in [0.4, 0.5) is 0 Å². The van der Waals surface area contributed by atoms with E-state index in [1.54, 1.807) is 6.07 Å². The number of phenols is 1. The van der Waals surface area contributed by atoms with Gasteiger partial charge in [0.1, 0.15) is 5.75 Å². The first-order valence-electron chi connectivity index (χ1n) is 7.26. The molecule has 0 amide bonds. The topological polar surface area (TPSA) is 23.5 Å². The van der Waals surface area contributed by atoms with E-state index < -0.39 is 0 Å². The molecule has 0 aliphatic carbocycles. The van der Waals surface area contributed by atoms with E-state index >= 15 is 0 Å². The molecule has 0 spiro atoms. The van der Waals surface area contributed by atoms with Crippen LogP contribution in [0, 0.1) is 11.8 Å². The van der Waals surface area contributed by atoms with Crippen molar-refractivity contribution >= 4 is 11.6 Å². The summed E-state index contributed by atoms with van der Waals surface area (Å²) in [6.45, 7) is 7.69. The Morgan fingerprint density at radius 2 is 2.11 bits per heavy atom. The second-order valence-corrected chi connectivity index (χ2v) is 6.37. The maximum Gasteiger partial charge on any atom is 0.138 e. The number of nitrogens with zero attached hydrogens (tertiary/aromatic N) is 1. The highest BCUT2D eigenvalue weighted by molar-refractivity contribution is 6.32. The first kappa shape index (κ1) is 14.7. The Morgan fingerprint density at radius 3 is 2.84 bits per heavy atom. The Bertz CT molecular complexity index is 419. The SMILES string of the molecule is CC(C)C1CCCN(Cc2cccc(Cl)c2O)CC1. The van der Waals surface area contributed by atoms with Crippen molar-refractivity contribution in [1.29, 1.82) is 0 Å². The second-order valence-electron chi connectivity index (χ2n) is 5.96. The fourth-order valence-corrected chi connectivity index (χ4v) is 3.13. The van der Waals surface area contributed by atoms with Gasteiger partial charge >= 0.3 is 0 Å². The van der Waals surface area contributed by atoms with Gasteiger partial charge in [-0.15, -0.1) is 0 Å². The fourth-order valence-electron chi connectivity index (χ4n) is 2.93. The third-order valence-electron chi connectivity index (χ3n) is 4.27. The lowest BCUT2D eigenvalue weighted by Gasteiger charge is -2.21. The van der Waals surface area contributed by atoms with Gasteiger partial charge in [-0.05, 0) is 50.3 Å². The highest BCUT2D eigenvalue weighted by Crippen LogP contribution is 2.30. The normalized spacial score (nSPS) is 21.6. The van der Waals surface area contributed by atoms with E-state index in [4.69, 9.17) is 11.6 Å². The third-order valence-corrected chi connectivity index (χ3v) is 4.58. The third kappa shape index (κ3) is 3.87. The van der Waals surface area contributed by atoms with Crippen LogP contribution in [0.5, 0.6) is 5.75 Å². The molecule has 1 heterocycles. The molecule has 1 unspecified atom stereocenters. The molecule has 0 aromatic heterocycles. The molecule has 0 saturated carbocycles. The van der Waals surface area contributed by atoms with Gasteiger partial charge in [-0.3, -0.25) is 4.90 Å². The number of hydrogen-bond acceptors (Lipinski definition) is 2. The van der Waals surface area contributed by atoms with Crippen LogP contribution < -0.4 is 0 Å². The summed E-state index contributed by atoms with van der Waals surface area (Å²) >= 11 is 5.96. The minimum absolute atomic E-state index is 0.244. The van der Waals surface area contributed by atoms with Gasteiger partial charge in [-0.2, -0.15) is 0 Å². The summed E-state index contributed by atoms with van der Waals surface area (Å²) in [5.41, 5.74) is 0.940. The number of halogens is 1. The zero-order valence-electron chi connectivity index (χ0n) is 11.9. The standard InChI is InChI=1S/C16H24ClNO/c1-12(2)13-6-4-9-18(10-8-13)11-14-5-3-7-15(17)16(14)19/h3,5,7,12-13,19H,4,6,8-11H2,1-2H3. The summed E-state index contributed by atoms with van der Waals surface area (Å²) in [5, 5.41) is 10.4. The van der Waals surface area contributed by atoms with Crippen LogP contribution in [0.1, 0.15) is 38.7 Å². The van der Waals surface area contributed by atoms with E-state index in [0.29, 0.717) is 5.02 Å². The number of hydrogen-bond donors (Lipinski definition) is 1. The Labute approximate surface area is 121 Å². The van der Waals surface area contributed by atoms with E-state index in [-0.39, 0.29) is 5.75 Å². The molecule has 1 saturated heterocycles. The van der Waals surface area contributed by atoms with E-state index in [1.165, 1.54) is 19.3 Å². The Balaban J connectivity index is 1.98. The van der Waals surface area contributed by atoms with Crippen LogP contribution in [0.25, 0.3) is 0 Å². The van der Waals surface area contributed by atoms with Gasteiger partial charge in [0.15, 0.2) is 0 Å². The molecule has 1 N–H and O–H groups in total. The smallest absolute Gasteiger partial charge is 0.138 e. The van der Waals surface area contributed by atoms with Gasteiger partial charge in [0, 0.05) is 12.1 Å². The number of aromatic hydroxyl groups is 1. The largest absolute Gasteiger partial charge is 0.506 e. The van der Waals surface area contributed by atoms with Crippen LogP contribution in [0.2, 0.25) is 5.02 Å². The fraction of sp³-hybridized carbons (Fsp3) is 0.625. The van der Waals surface area contributed by atoms with Crippen LogP contribution in [0.3, 0.4) is 0 Å². The summed E-state index contributed by atoms with van der Waals surface area (Å²) in [6, 6.07) is 5.61. The molecule has 1 fully saturated rings. The molecule has 2 nitrogen and oxygen atoms in total. The average molecular weight is 282 g/mol. The number of likely N-dealkylation sites (tertiary alicyclic amines) is 1. The maximum absolute atomic E-state index is 9.98. The van der Waals surface area contributed by atoms with Crippen LogP contribution in [0.15, 0.2) is 18.2 Å². The first-order valence-corrected chi connectivity index (χ1v) is 7.64. The molecular weight excluding hydrogens is 258 g/mol. The highest BCUT2D eigenvalue weighted by atomic mass is 35.5. The van der Waals surface area contributed by atoms with Gasteiger partial charge in [-0.25, -0.2) is 0 Å². The predicted octanol–water partition coefficient (Wildman–Crippen LogP) is 4.30. The minimum atomic E-state index is 0.244. The van der Waals surface area contributed by atoms with E-state index in [2.05, 4.69) is 18.7 Å². The maximum atomic E-state index is 9.98. The van der Waals surface area contributed by atoms with Gasteiger partial charge in [-0.1, -0.05) is 37.6 Å². The average Bonchev–Trinajstić information content (AvgIpc) is 2.60. The van der Waals surface area contributed by atoms with Gasteiger partial charge in [0.05, 0.1) is 5.02 Å². The van der Waals surface area contributed by atoms with Crippen molar-refractivity contribution in [2.45, 2.75) is 39.7 Å². The molecular formula is C16H24ClNO. The molecule has 2 rings (SSSR count). The predicted molar refractivity (Wildman–Crippen MR) is 80.6 cm³/mol. The second kappa shape index (κ2) is 6.62. The van der Waals surface area contributed by atoms with Crippen molar-refractivity contribution in [2.24, 2.45) is 11.8 Å². The molecule has 1 aliphatic heterocycles. The summed E-state index contributed by atoms with van der Waals surface area (Å²) in [4.78, 5) is 2.44. The summed E-state index contributed by atoms with van der Waals surface area (Å²) in [6.07, 6.45) is 3.85. The van der Waals surface area contributed by atoms with Crippen LogP contribution >= 0.6 is 11.6 Å². The quantitative estimate of drug-likeness (QED) is 0.893. The van der Waals surface area contributed by atoms with Gasteiger partial charge < -0.3 is 5.11 Å². The molecule has 1 aromatic carbocycles. The molecule has 0 bridgehead atoms. The van der Waals surface area contributed by atoms with Crippen molar-refractivity contribution < 1.29 is 5.11 Å². The van der Waals surface area contributed by atoms with Gasteiger partial charge in [0.25, 0.3) is 0 Å².